The van der Waals surface area contributed by atoms with Crippen molar-refractivity contribution in [1.29, 1.82) is 0 Å². The zero-order valence-electron chi connectivity index (χ0n) is 11.7. The maximum Gasteiger partial charge on any atom is 0.119 e. The first-order valence-electron chi connectivity index (χ1n) is 6.79. The Bertz CT molecular complexity index is 311. The first-order chi connectivity index (χ1) is 8.76. The molecule has 0 aromatic heterocycles. The lowest BCUT2D eigenvalue weighted by Gasteiger charge is -2.12. The Kier molecular flexibility index (Phi) is 7.46. The molecule has 1 aromatic rings. The van der Waals surface area contributed by atoms with Crippen molar-refractivity contribution in [3.8, 4) is 5.75 Å². The van der Waals surface area contributed by atoms with Crippen LogP contribution in [-0.2, 0) is 11.2 Å². The van der Waals surface area contributed by atoms with Crippen molar-refractivity contribution in [1.82, 2.24) is 5.32 Å². The van der Waals surface area contributed by atoms with Gasteiger partial charge in [0.25, 0.3) is 0 Å². The van der Waals surface area contributed by atoms with Crippen molar-refractivity contribution in [2.75, 3.05) is 26.4 Å². The largest absolute Gasteiger partial charge is 0.491 e. The molecule has 0 aliphatic carbocycles. The van der Waals surface area contributed by atoms with Gasteiger partial charge in [-0.3, -0.25) is 0 Å². The summed E-state index contributed by atoms with van der Waals surface area (Å²) in [7, 11) is 0. The van der Waals surface area contributed by atoms with E-state index in [1.54, 1.807) is 0 Å². The molecule has 0 fully saturated rings. The summed E-state index contributed by atoms with van der Waals surface area (Å²) in [6.45, 7) is 9.34. The van der Waals surface area contributed by atoms with Crippen LogP contribution in [-0.4, -0.2) is 32.4 Å². The molecule has 3 heteroatoms. The molecule has 0 saturated heterocycles. The van der Waals surface area contributed by atoms with Gasteiger partial charge in [-0.15, -0.1) is 0 Å². The van der Waals surface area contributed by atoms with Gasteiger partial charge < -0.3 is 14.8 Å². The summed E-state index contributed by atoms with van der Waals surface area (Å²) in [6, 6.07) is 8.83. The van der Waals surface area contributed by atoms with Gasteiger partial charge in [0, 0.05) is 12.6 Å². The van der Waals surface area contributed by atoms with E-state index in [1.165, 1.54) is 5.56 Å². The van der Waals surface area contributed by atoms with Crippen LogP contribution in [0.3, 0.4) is 0 Å². The maximum absolute atomic E-state index is 5.57. The lowest BCUT2D eigenvalue weighted by Crippen LogP contribution is -2.27. The van der Waals surface area contributed by atoms with Crippen molar-refractivity contribution in [2.45, 2.75) is 33.2 Å². The molecule has 0 amide bonds. The van der Waals surface area contributed by atoms with E-state index in [2.05, 4.69) is 31.3 Å². The molecule has 0 saturated carbocycles. The molecule has 0 spiro atoms. The summed E-state index contributed by atoms with van der Waals surface area (Å²) in [5.41, 5.74) is 1.33. The van der Waals surface area contributed by atoms with Gasteiger partial charge in [-0.1, -0.05) is 19.1 Å². The van der Waals surface area contributed by atoms with E-state index in [-0.39, 0.29) is 0 Å². The van der Waals surface area contributed by atoms with Crippen LogP contribution in [0.4, 0.5) is 0 Å². The number of ether oxygens (including phenoxy) is 2. The Balaban J connectivity index is 2.33. The van der Waals surface area contributed by atoms with E-state index in [0.717, 1.165) is 25.3 Å². The summed E-state index contributed by atoms with van der Waals surface area (Å²) < 4.78 is 10.8. The summed E-state index contributed by atoms with van der Waals surface area (Å²) in [4.78, 5) is 0. The van der Waals surface area contributed by atoms with Gasteiger partial charge in [-0.25, -0.2) is 0 Å². The van der Waals surface area contributed by atoms with Crippen LogP contribution in [0.5, 0.6) is 5.75 Å². The second-order valence-electron chi connectivity index (χ2n) is 4.35. The Morgan fingerprint density at radius 2 is 1.83 bits per heavy atom. The van der Waals surface area contributed by atoms with Crippen molar-refractivity contribution in [3.05, 3.63) is 29.8 Å². The van der Waals surface area contributed by atoms with Gasteiger partial charge in [0.15, 0.2) is 0 Å². The van der Waals surface area contributed by atoms with Crippen LogP contribution >= 0.6 is 0 Å². The molecule has 1 unspecified atom stereocenters. The van der Waals surface area contributed by atoms with Crippen LogP contribution < -0.4 is 10.1 Å². The summed E-state index contributed by atoms with van der Waals surface area (Å²) in [5.74, 6) is 0.912. The van der Waals surface area contributed by atoms with E-state index < -0.39 is 0 Å². The number of rotatable bonds is 9. The van der Waals surface area contributed by atoms with E-state index in [4.69, 9.17) is 9.47 Å². The summed E-state index contributed by atoms with van der Waals surface area (Å²) >= 11 is 0. The standard InChI is InChI=1S/C15H25NO2/c1-4-16-13(3)12-14-6-8-15(9-7-14)18-11-10-17-5-2/h6-9,13,16H,4-5,10-12H2,1-3H3. The second-order valence-corrected chi connectivity index (χ2v) is 4.35. The molecule has 1 N–H and O–H groups in total. The fraction of sp³-hybridized carbons (Fsp3) is 0.600. The number of hydrogen-bond donors (Lipinski definition) is 1. The quantitative estimate of drug-likeness (QED) is 0.684. The third-order valence-corrected chi connectivity index (χ3v) is 2.72. The minimum absolute atomic E-state index is 0.514. The Morgan fingerprint density at radius 1 is 1.11 bits per heavy atom. The van der Waals surface area contributed by atoms with Crippen LogP contribution in [0.25, 0.3) is 0 Å². The maximum atomic E-state index is 5.57. The lowest BCUT2D eigenvalue weighted by molar-refractivity contribution is 0.110. The number of nitrogens with one attached hydrogen (secondary N) is 1. The minimum Gasteiger partial charge on any atom is -0.491 e. The first kappa shape index (κ1) is 15.0. The number of hydrogen-bond acceptors (Lipinski definition) is 3. The predicted octanol–water partition coefficient (Wildman–Crippen LogP) is 2.64. The Hall–Kier alpha value is -1.06. The zero-order chi connectivity index (χ0) is 13.2. The molecular formula is C15H25NO2. The number of likely N-dealkylation sites (N-methyl/N-ethyl adjacent to an activating group) is 1. The highest BCUT2D eigenvalue weighted by Gasteiger charge is 2.02. The molecule has 18 heavy (non-hydrogen) atoms. The highest BCUT2D eigenvalue weighted by atomic mass is 16.5. The van der Waals surface area contributed by atoms with E-state index >= 15 is 0 Å². The van der Waals surface area contributed by atoms with Crippen molar-refractivity contribution < 1.29 is 9.47 Å². The monoisotopic (exact) mass is 251 g/mol. The van der Waals surface area contributed by atoms with E-state index in [9.17, 15) is 0 Å². The average Bonchev–Trinajstić information content (AvgIpc) is 2.37. The summed E-state index contributed by atoms with van der Waals surface area (Å²) in [5, 5.41) is 3.41. The molecular weight excluding hydrogens is 226 g/mol. The van der Waals surface area contributed by atoms with Crippen molar-refractivity contribution >= 4 is 0 Å². The zero-order valence-corrected chi connectivity index (χ0v) is 11.7. The topological polar surface area (TPSA) is 30.5 Å². The molecule has 0 bridgehead atoms. The fourth-order valence-corrected chi connectivity index (χ4v) is 1.86. The van der Waals surface area contributed by atoms with Gasteiger partial charge in [0.1, 0.15) is 12.4 Å². The minimum atomic E-state index is 0.514. The van der Waals surface area contributed by atoms with Gasteiger partial charge in [0.2, 0.25) is 0 Å². The average molecular weight is 251 g/mol. The summed E-state index contributed by atoms with van der Waals surface area (Å²) in [6.07, 6.45) is 1.05. The lowest BCUT2D eigenvalue weighted by atomic mass is 10.1. The molecule has 0 radical (unpaired) electrons. The molecule has 1 aromatic carbocycles. The molecule has 0 aliphatic heterocycles. The third-order valence-electron chi connectivity index (χ3n) is 2.72. The molecule has 3 nitrogen and oxygen atoms in total. The van der Waals surface area contributed by atoms with Gasteiger partial charge in [-0.2, -0.15) is 0 Å². The highest BCUT2D eigenvalue weighted by molar-refractivity contribution is 5.27. The molecule has 1 atom stereocenters. The van der Waals surface area contributed by atoms with E-state index in [1.807, 2.05) is 19.1 Å². The number of benzene rings is 1. The molecule has 1 rings (SSSR count). The predicted molar refractivity (Wildman–Crippen MR) is 75.3 cm³/mol. The molecule has 102 valence electrons. The van der Waals surface area contributed by atoms with Crippen LogP contribution in [0.15, 0.2) is 24.3 Å². The van der Waals surface area contributed by atoms with Gasteiger partial charge in [0.05, 0.1) is 6.61 Å². The van der Waals surface area contributed by atoms with Crippen LogP contribution in [0.1, 0.15) is 26.3 Å². The molecule has 0 heterocycles. The second kappa shape index (κ2) is 8.95. The van der Waals surface area contributed by atoms with Crippen LogP contribution in [0.2, 0.25) is 0 Å². The van der Waals surface area contributed by atoms with Crippen molar-refractivity contribution in [3.63, 3.8) is 0 Å². The Morgan fingerprint density at radius 3 is 2.44 bits per heavy atom. The SMILES string of the molecule is CCNC(C)Cc1ccc(OCCOCC)cc1. The fourth-order valence-electron chi connectivity index (χ4n) is 1.86. The first-order valence-corrected chi connectivity index (χ1v) is 6.79. The molecule has 0 aliphatic rings. The van der Waals surface area contributed by atoms with Crippen LogP contribution in [0, 0.1) is 0 Å². The normalized spacial score (nSPS) is 12.4. The Labute approximate surface area is 110 Å². The third kappa shape index (κ3) is 6.03. The van der Waals surface area contributed by atoms with E-state index in [0.29, 0.717) is 19.3 Å². The highest BCUT2D eigenvalue weighted by Crippen LogP contribution is 2.13. The van der Waals surface area contributed by atoms with Crippen molar-refractivity contribution in [2.24, 2.45) is 0 Å². The van der Waals surface area contributed by atoms with Gasteiger partial charge >= 0.3 is 0 Å². The van der Waals surface area contributed by atoms with Gasteiger partial charge in [-0.05, 0) is 44.5 Å². The smallest absolute Gasteiger partial charge is 0.119 e.